The average molecular weight is 479 g/mol. The smallest absolute Gasteiger partial charge is 0.225 e. The van der Waals surface area contributed by atoms with Gasteiger partial charge in [-0.3, -0.25) is 0 Å². The molecule has 1 aliphatic heterocycles. The summed E-state index contributed by atoms with van der Waals surface area (Å²) in [5.41, 5.74) is 0.940. The summed E-state index contributed by atoms with van der Waals surface area (Å²) in [6.45, 7) is 4.56. The molecule has 1 saturated heterocycles. The first-order valence-corrected chi connectivity index (χ1v) is 12.0. The first-order valence-electron chi connectivity index (χ1n) is 10.8. The molecular formula is C23H24N7OS2+. The fraction of sp³-hybridized carbons (Fsp3) is 0.217. The molecule has 168 valence electrons. The molecule has 3 heterocycles. The van der Waals surface area contributed by atoms with Crippen molar-refractivity contribution in [3.05, 3.63) is 77.0 Å². The predicted molar refractivity (Wildman–Crippen MR) is 132 cm³/mol. The SMILES string of the molecule is S=c1sc(Nc2ccc(Oc3ccccc3)cc2)nn1C[NH+]1CCN(c2ncccn2)CC1. The summed E-state index contributed by atoms with van der Waals surface area (Å²) in [4.78, 5) is 12.4. The van der Waals surface area contributed by atoms with Crippen molar-refractivity contribution < 1.29 is 9.64 Å². The second kappa shape index (κ2) is 10.1. The molecule has 2 aromatic carbocycles. The van der Waals surface area contributed by atoms with Crippen LogP contribution in [0.1, 0.15) is 0 Å². The number of hydrogen-bond donors (Lipinski definition) is 2. The van der Waals surface area contributed by atoms with Gasteiger partial charge in [-0.1, -0.05) is 29.5 Å². The highest BCUT2D eigenvalue weighted by molar-refractivity contribution is 7.73. The van der Waals surface area contributed by atoms with E-state index in [2.05, 4.69) is 20.2 Å². The molecule has 0 aliphatic carbocycles. The Kier molecular flexibility index (Phi) is 6.56. The predicted octanol–water partition coefficient (Wildman–Crippen LogP) is 3.36. The van der Waals surface area contributed by atoms with Crippen LogP contribution in [0.3, 0.4) is 0 Å². The van der Waals surface area contributed by atoms with Crippen molar-refractivity contribution in [3.63, 3.8) is 0 Å². The standard InChI is InChI=1S/C23H23N7OS2/c32-23-30(17-28-13-15-29(16-14-28)21-24-11-4-12-25-21)27-22(33-23)26-18-7-9-20(10-8-18)31-19-5-2-1-3-6-19/h1-12H,13-17H2,(H,26,27)/p+1. The number of anilines is 3. The molecule has 0 radical (unpaired) electrons. The van der Waals surface area contributed by atoms with Crippen LogP contribution in [0, 0.1) is 3.95 Å². The van der Waals surface area contributed by atoms with E-state index in [1.165, 1.54) is 16.2 Å². The van der Waals surface area contributed by atoms with Crippen LogP contribution in [0.15, 0.2) is 73.1 Å². The highest BCUT2D eigenvalue weighted by atomic mass is 32.1. The maximum absolute atomic E-state index is 5.85. The molecule has 4 aromatic rings. The van der Waals surface area contributed by atoms with Crippen molar-refractivity contribution in [2.45, 2.75) is 6.67 Å². The van der Waals surface area contributed by atoms with Gasteiger partial charge in [0.25, 0.3) is 0 Å². The Hall–Kier alpha value is -3.34. The molecule has 2 aromatic heterocycles. The molecule has 0 saturated carbocycles. The van der Waals surface area contributed by atoms with Crippen LogP contribution in [0.5, 0.6) is 11.5 Å². The average Bonchev–Trinajstić information content (AvgIpc) is 3.20. The fourth-order valence-corrected chi connectivity index (χ4v) is 4.69. The van der Waals surface area contributed by atoms with Gasteiger partial charge < -0.3 is 19.9 Å². The Labute approximate surface area is 201 Å². The summed E-state index contributed by atoms with van der Waals surface area (Å²) in [5.74, 6) is 2.40. The highest BCUT2D eigenvalue weighted by Gasteiger charge is 2.22. The van der Waals surface area contributed by atoms with Crippen LogP contribution in [0.25, 0.3) is 0 Å². The third kappa shape index (κ3) is 5.54. The Bertz CT molecular complexity index is 1220. The lowest BCUT2D eigenvalue weighted by Gasteiger charge is -2.31. The molecular weight excluding hydrogens is 454 g/mol. The van der Waals surface area contributed by atoms with Gasteiger partial charge in [0.1, 0.15) is 11.5 Å². The number of rotatable bonds is 7. The minimum atomic E-state index is 0.754. The summed E-state index contributed by atoms with van der Waals surface area (Å²) in [7, 11) is 0. The van der Waals surface area contributed by atoms with Gasteiger partial charge in [-0.25, -0.2) is 9.97 Å². The molecule has 0 unspecified atom stereocenters. The Morgan fingerprint density at radius 2 is 1.64 bits per heavy atom. The minimum Gasteiger partial charge on any atom is -0.457 e. The molecule has 0 bridgehead atoms. The van der Waals surface area contributed by atoms with Crippen molar-refractivity contribution in [3.8, 4) is 11.5 Å². The third-order valence-electron chi connectivity index (χ3n) is 5.37. The number of nitrogens with zero attached hydrogens (tertiary/aromatic N) is 5. The maximum Gasteiger partial charge on any atom is 0.225 e. The molecule has 8 nitrogen and oxygen atoms in total. The van der Waals surface area contributed by atoms with E-state index in [1.54, 1.807) is 12.4 Å². The van der Waals surface area contributed by atoms with Crippen LogP contribution in [-0.4, -0.2) is 45.9 Å². The topological polar surface area (TPSA) is 72.5 Å². The van der Waals surface area contributed by atoms with Gasteiger partial charge in [-0.2, -0.15) is 4.68 Å². The van der Waals surface area contributed by atoms with Crippen LogP contribution < -0.4 is 19.9 Å². The fourth-order valence-electron chi connectivity index (χ4n) is 3.66. The van der Waals surface area contributed by atoms with Gasteiger partial charge in [0.2, 0.25) is 11.1 Å². The van der Waals surface area contributed by atoms with E-state index in [1.807, 2.05) is 65.3 Å². The normalized spacial score (nSPS) is 14.2. The number of quaternary nitrogens is 1. The van der Waals surface area contributed by atoms with Gasteiger partial charge in [-0.05, 0) is 54.7 Å². The maximum atomic E-state index is 5.85. The zero-order chi connectivity index (χ0) is 22.5. The second-order valence-corrected chi connectivity index (χ2v) is 9.30. The van der Waals surface area contributed by atoms with Gasteiger partial charge in [0.15, 0.2) is 10.6 Å². The molecule has 1 fully saturated rings. The molecule has 10 heteroatoms. The van der Waals surface area contributed by atoms with Gasteiger partial charge in [-0.15, -0.1) is 5.10 Å². The number of piperazine rings is 1. The van der Waals surface area contributed by atoms with Crippen LogP contribution in [0.4, 0.5) is 16.8 Å². The molecule has 5 rings (SSSR count). The van der Waals surface area contributed by atoms with Crippen LogP contribution in [0.2, 0.25) is 0 Å². The minimum absolute atomic E-state index is 0.754. The van der Waals surface area contributed by atoms with Gasteiger partial charge in [0, 0.05) is 18.1 Å². The Balaban J connectivity index is 1.16. The van der Waals surface area contributed by atoms with Crippen molar-refractivity contribution in [1.82, 2.24) is 19.7 Å². The van der Waals surface area contributed by atoms with Crippen molar-refractivity contribution in [1.29, 1.82) is 0 Å². The summed E-state index contributed by atoms with van der Waals surface area (Å²) in [5, 5.41) is 8.83. The summed E-state index contributed by atoms with van der Waals surface area (Å²) in [6.07, 6.45) is 3.57. The second-order valence-electron chi connectivity index (χ2n) is 7.68. The van der Waals surface area contributed by atoms with E-state index >= 15 is 0 Å². The number of benzene rings is 2. The molecule has 0 atom stereocenters. The molecule has 33 heavy (non-hydrogen) atoms. The molecule has 1 aliphatic rings. The van der Waals surface area contributed by atoms with Crippen molar-refractivity contribution in [2.24, 2.45) is 0 Å². The lowest BCUT2D eigenvalue weighted by molar-refractivity contribution is -0.924. The largest absolute Gasteiger partial charge is 0.457 e. The Morgan fingerprint density at radius 3 is 2.36 bits per heavy atom. The number of para-hydroxylation sites is 1. The molecule has 0 spiro atoms. The zero-order valence-corrected chi connectivity index (χ0v) is 19.6. The van der Waals surface area contributed by atoms with Crippen molar-refractivity contribution in [2.75, 3.05) is 36.4 Å². The third-order valence-corrected chi connectivity index (χ3v) is 6.59. The van der Waals surface area contributed by atoms with Crippen LogP contribution in [-0.2, 0) is 6.67 Å². The van der Waals surface area contributed by atoms with Crippen LogP contribution >= 0.6 is 23.6 Å². The summed E-state index contributed by atoms with van der Waals surface area (Å²) < 4.78 is 8.53. The van der Waals surface area contributed by atoms with E-state index in [9.17, 15) is 0 Å². The monoisotopic (exact) mass is 478 g/mol. The van der Waals surface area contributed by atoms with E-state index in [-0.39, 0.29) is 0 Å². The summed E-state index contributed by atoms with van der Waals surface area (Å²) >= 11 is 7.05. The van der Waals surface area contributed by atoms with Gasteiger partial charge >= 0.3 is 0 Å². The lowest BCUT2D eigenvalue weighted by Crippen LogP contribution is -3.14. The Morgan fingerprint density at radius 1 is 0.939 bits per heavy atom. The zero-order valence-electron chi connectivity index (χ0n) is 17.9. The molecule has 0 amide bonds. The van der Waals surface area contributed by atoms with E-state index in [0.717, 1.165) is 65.1 Å². The first-order chi connectivity index (χ1) is 16.2. The van der Waals surface area contributed by atoms with E-state index in [0.29, 0.717) is 0 Å². The van der Waals surface area contributed by atoms with Crippen molar-refractivity contribution >= 4 is 40.3 Å². The molecule has 2 N–H and O–H groups in total. The highest BCUT2D eigenvalue weighted by Crippen LogP contribution is 2.25. The summed E-state index contributed by atoms with van der Waals surface area (Å²) in [6, 6.07) is 19.4. The van der Waals surface area contributed by atoms with E-state index in [4.69, 9.17) is 22.1 Å². The number of aromatic nitrogens is 4. The number of ether oxygens (including phenoxy) is 1. The van der Waals surface area contributed by atoms with E-state index < -0.39 is 0 Å². The van der Waals surface area contributed by atoms with Gasteiger partial charge in [0.05, 0.1) is 26.2 Å². The first kappa shape index (κ1) is 21.5. The quantitative estimate of drug-likeness (QED) is 0.395. The number of nitrogens with one attached hydrogen (secondary N) is 2. The number of hydrogen-bond acceptors (Lipinski definition) is 8. The lowest BCUT2D eigenvalue weighted by atomic mass is 10.3.